The van der Waals surface area contributed by atoms with Crippen molar-refractivity contribution < 1.29 is 14.0 Å². The van der Waals surface area contributed by atoms with Crippen molar-refractivity contribution in [1.82, 2.24) is 4.98 Å². The normalized spacial score (nSPS) is 10.4. The Morgan fingerprint density at radius 3 is 2.68 bits per heavy atom. The number of furan rings is 1. The van der Waals surface area contributed by atoms with Crippen LogP contribution in [0.2, 0.25) is 0 Å². The van der Waals surface area contributed by atoms with E-state index in [2.05, 4.69) is 10.3 Å². The van der Waals surface area contributed by atoms with Gasteiger partial charge in [-0.3, -0.25) is 14.9 Å². The maximum Gasteiger partial charge on any atom is 0.293 e. The van der Waals surface area contributed by atoms with E-state index in [-0.39, 0.29) is 24.0 Å². The van der Waals surface area contributed by atoms with Gasteiger partial charge < -0.3 is 9.32 Å². The van der Waals surface area contributed by atoms with Crippen molar-refractivity contribution in [3.05, 3.63) is 65.6 Å². The first-order valence-corrected chi connectivity index (χ1v) is 8.70. The van der Waals surface area contributed by atoms with Crippen LogP contribution in [0.5, 0.6) is 0 Å². The van der Waals surface area contributed by atoms with Crippen LogP contribution in [-0.2, 0) is 11.2 Å². The first kappa shape index (κ1) is 16.9. The second-order valence-corrected chi connectivity index (χ2v) is 6.08. The van der Waals surface area contributed by atoms with E-state index in [4.69, 9.17) is 4.42 Å². The molecule has 0 bridgehead atoms. The van der Waals surface area contributed by atoms with Gasteiger partial charge in [0.1, 0.15) is 0 Å². The van der Waals surface area contributed by atoms with E-state index in [0.29, 0.717) is 17.4 Å². The van der Waals surface area contributed by atoms with Gasteiger partial charge in [0.2, 0.25) is 5.91 Å². The molecule has 0 saturated carbocycles. The van der Waals surface area contributed by atoms with E-state index < -0.39 is 0 Å². The molecule has 2 heterocycles. The Morgan fingerprint density at radius 2 is 2.00 bits per heavy atom. The number of carbonyl (C=O) groups is 2. The lowest BCUT2D eigenvalue weighted by atomic mass is 10.2. The molecule has 0 fully saturated rings. The monoisotopic (exact) mass is 355 g/mol. The molecule has 6 nitrogen and oxygen atoms in total. The summed E-state index contributed by atoms with van der Waals surface area (Å²) in [4.78, 5) is 30.5. The van der Waals surface area contributed by atoms with Crippen molar-refractivity contribution in [2.45, 2.75) is 13.3 Å². The molecular weight excluding hydrogens is 338 g/mol. The number of anilines is 2. The van der Waals surface area contributed by atoms with E-state index in [0.717, 1.165) is 5.69 Å². The van der Waals surface area contributed by atoms with E-state index in [1.165, 1.54) is 17.6 Å². The van der Waals surface area contributed by atoms with Crippen molar-refractivity contribution in [1.29, 1.82) is 0 Å². The number of aromatic nitrogens is 1. The van der Waals surface area contributed by atoms with Crippen LogP contribution in [0.1, 0.15) is 23.2 Å². The average molecular weight is 355 g/mol. The zero-order valence-electron chi connectivity index (χ0n) is 13.6. The van der Waals surface area contributed by atoms with Crippen LogP contribution in [0.25, 0.3) is 0 Å². The zero-order valence-corrected chi connectivity index (χ0v) is 14.5. The Morgan fingerprint density at radius 1 is 1.20 bits per heavy atom. The van der Waals surface area contributed by atoms with Crippen LogP contribution < -0.4 is 10.2 Å². The Bertz CT molecular complexity index is 844. The highest BCUT2D eigenvalue weighted by Crippen LogP contribution is 2.19. The number of carbonyl (C=O) groups excluding carboxylic acids is 2. The molecule has 128 valence electrons. The second-order valence-electron chi connectivity index (χ2n) is 5.23. The highest BCUT2D eigenvalue weighted by Gasteiger charge is 2.17. The quantitative estimate of drug-likeness (QED) is 0.733. The van der Waals surface area contributed by atoms with Gasteiger partial charge in [-0.05, 0) is 31.2 Å². The standard InChI is InChI=1S/C18H17N3O3S/c1-2-21(14-7-4-3-5-8-14)16(22)11-13-12-25-18(19-13)20-17(23)15-9-6-10-24-15/h3-10,12H,2,11H2,1H3,(H,19,20,23). The van der Waals surface area contributed by atoms with Gasteiger partial charge in [-0.1, -0.05) is 18.2 Å². The number of hydrogen-bond donors (Lipinski definition) is 1. The molecule has 0 aliphatic heterocycles. The van der Waals surface area contributed by atoms with Gasteiger partial charge in [0.25, 0.3) is 5.91 Å². The molecule has 0 atom stereocenters. The highest BCUT2D eigenvalue weighted by molar-refractivity contribution is 7.14. The summed E-state index contributed by atoms with van der Waals surface area (Å²) in [6.07, 6.45) is 1.61. The molecule has 1 aromatic carbocycles. The van der Waals surface area contributed by atoms with E-state index in [1.807, 2.05) is 37.3 Å². The molecule has 2 aromatic heterocycles. The van der Waals surface area contributed by atoms with Crippen molar-refractivity contribution in [3.63, 3.8) is 0 Å². The molecular formula is C18H17N3O3S. The number of para-hydroxylation sites is 1. The SMILES string of the molecule is CCN(C(=O)Cc1csc(NC(=O)c2ccco2)n1)c1ccccc1. The average Bonchev–Trinajstić information content (AvgIpc) is 3.29. The summed E-state index contributed by atoms with van der Waals surface area (Å²) in [5, 5.41) is 4.87. The third-order valence-corrected chi connectivity index (χ3v) is 4.34. The van der Waals surface area contributed by atoms with Crippen molar-refractivity contribution >= 4 is 34.0 Å². The predicted molar refractivity (Wildman–Crippen MR) is 96.9 cm³/mol. The topological polar surface area (TPSA) is 75.4 Å². The fourth-order valence-electron chi connectivity index (χ4n) is 2.37. The Hall–Kier alpha value is -2.93. The maximum atomic E-state index is 12.6. The van der Waals surface area contributed by atoms with E-state index in [9.17, 15) is 9.59 Å². The molecule has 0 unspecified atom stereocenters. The molecule has 1 N–H and O–H groups in total. The lowest BCUT2D eigenvalue weighted by Gasteiger charge is -2.20. The fourth-order valence-corrected chi connectivity index (χ4v) is 3.08. The predicted octanol–water partition coefficient (Wildman–Crippen LogP) is 3.58. The van der Waals surface area contributed by atoms with Crippen molar-refractivity contribution in [2.24, 2.45) is 0 Å². The number of hydrogen-bond acceptors (Lipinski definition) is 5. The fraction of sp³-hybridized carbons (Fsp3) is 0.167. The number of likely N-dealkylation sites (N-methyl/N-ethyl adjacent to an activating group) is 1. The highest BCUT2D eigenvalue weighted by atomic mass is 32.1. The molecule has 0 saturated heterocycles. The lowest BCUT2D eigenvalue weighted by molar-refractivity contribution is -0.118. The zero-order chi connectivity index (χ0) is 17.6. The summed E-state index contributed by atoms with van der Waals surface area (Å²) < 4.78 is 5.04. The van der Waals surface area contributed by atoms with Gasteiger partial charge in [-0.15, -0.1) is 11.3 Å². The van der Waals surface area contributed by atoms with Gasteiger partial charge in [0.05, 0.1) is 18.4 Å². The van der Waals surface area contributed by atoms with Gasteiger partial charge in [0.15, 0.2) is 10.9 Å². The van der Waals surface area contributed by atoms with Gasteiger partial charge in [-0.2, -0.15) is 0 Å². The molecule has 2 amide bonds. The third-order valence-electron chi connectivity index (χ3n) is 3.53. The first-order chi connectivity index (χ1) is 12.2. The minimum absolute atomic E-state index is 0.0390. The molecule has 0 aliphatic carbocycles. The number of nitrogens with one attached hydrogen (secondary N) is 1. The van der Waals surface area contributed by atoms with Crippen molar-refractivity contribution in [3.8, 4) is 0 Å². The molecule has 7 heteroatoms. The molecule has 3 rings (SSSR count). The van der Waals surface area contributed by atoms with Crippen LogP contribution in [0.4, 0.5) is 10.8 Å². The molecule has 0 radical (unpaired) electrons. The Kier molecular flexibility index (Phi) is 5.25. The first-order valence-electron chi connectivity index (χ1n) is 7.82. The summed E-state index contributed by atoms with van der Waals surface area (Å²) in [5.74, 6) is -0.186. The van der Waals surface area contributed by atoms with Crippen LogP contribution in [0.3, 0.4) is 0 Å². The minimum Gasteiger partial charge on any atom is -0.459 e. The summed E-state index contributed by atoms with van der Waals surface area (Å²) in [5.41, 5.74) is 1.48. The Balaban J connectivity index is 1.64. The van der Waals surface area contributed by atoms with Gasteiger partial charge in [-0.25, -0.2) is 4.98 Å². The number of benzene rings is 1. The van der Waals surface area contributed by atoms with E-state index in [1.54, 1.807) is 22.4 Å². The number of rotatable bonds is 6. The largest absolute Gasteiger partial charge is 0.459 e. The minimum atomic E-state index is -0.364. The molecule has 3 aromatic rings. The molecule has 0 aliphatic rings. The lowest BCUT2D eigenvalue weighted by Crippen LogP contribution is -2.32. The molecule has 25 heavy (non-hydrogen) atoms. The smallest absolute Gasteiger partial charge is 0.293 e. The third kappa shape index (κ3) is 4.13. The second kappa shape index (κ2) is 7.76. The summed E-state index contributed by atoms with van der Waals surface area (Å²) in [6, 6.07) is 12.7. The van der Waals surface area contributed by atoms with E-state index >= 15 is 0 Å². The van der Waals surface area contributed by atoms with Crippen LogP contribution >= 0.6 is 11.3 Å². The molecule has 0 spiro atoms. The van der Waals surface area contributed by atoms with Crippen LogP contribution in [-0.4, -0.2) is 23.3 Å². The maximum absolute atomic E-state index is 12.6. The van der Waals surface area contributed by atoms with Crippen LogP contribution in [0.15, 0.2) is 58.5 Å². The summed E-state index contributed by atoms with van der Waals surface area (Å²) in [7, 11) is 0. The van der Waals surface area contributed by atoms with Gasteiger partial charge >= 0.3 is 0 Å². The van der Waals surface area contributed by atoms with Crippen LogP contribution in [0, 0.1) is 0 Å². The number of amides is 2. The number of thiazole rings is 1. The van der Waals surface area contributed by atoms with Gasteiger partial charge in [0, 0.05) is 17.6 Å². The summed E-state index contributed by atoms with van der Waals surface area (Å²) in [6.45, 7) is 2.51. The number of nitrogens with zero attached hydrogens (tertiary/aromatic N) is 2. The van der Waals surface area contributed by atoms with Crippen molar-refractivity contribution in [2.75, 3.05) is 16.8 Å². The Labute approximate surface area is 149 Å². The summed E-state index contributed by atoms with van der Waals surface area (Å²) >= 11 is 1.28.